The summed E-state index contributed by atoms with van der Waals surface area (Å²) in [5.41, 5.74) is 2.33. The van der Waals surface area contributed by atoms with Gasteiger partial charge in [-0.3, -0.25) is 0 Å². The maximum atomic E-state index is 8.67. The first-order chi connectivity index (χ1) is 9.11. The van der Waals surface area contributed by atoms with Crippen molar-refractivity contribution >= 4 is 0 Å². The van der Waals surface area contributed by atoms with Gasteiger partial charge in [-0.2, -0.15) is 0 Å². The Kier molecular flexibility index (Phi) is 7.25. The van der Waals surface area contributed by atoms with Crippen molar-refractivity contribution in [2.24, 2.45) is 5.92 Å². The summed E-state index contributed by atoms with van der Waals surface area (Å²) >= 11 is 0. The second-order valence-corrected chi connectivity index (χ2v) is 5.39. The van der Waals surface area contributed by atoms with E-state index in [0.717, 1.165) is 24.6 Å². The van der Waals surface area contributed by atoms with Crippen molar-refractivity contribution in [3.05, 3.63) is 35.4 Å². The highest BCUT2D eigenvalue weighted by atomic mass is 16.2. The monoisotopic (exact) mass is 259 g/mol. The van der Waals surface area contributed by atoms with Crippen molar-refractivity contribution in [3.63, 3.8) is 0 Å². The van der Waals surface area contributed by atoms with Crippen LogP contribution in [-0.2, 0) is 6.54 Å². The first-order valence-corrected chi connectivity index (χ1v) is 6.99. The standard InChI is InChI=1S/C17H25NO/c1-15(2)11-12-18(3)14-17-9-7-16(8-10-17)6-4-5-13-19/h7-10,15,19H,5,11-14H2,1-3H3. The van der Waals surface area contributed by atoms with E-state index in [9.17, 15) is 0 Å². The normalized spacial score (nSPS) is 10.6. The molecule has 0 saturated carbocycles. The maximum absolute atomic E-state index is 8.67. The zero-order chi connectivity index (χ0) is 14.1. The minimum Gasteiger partial charge on any atom is -0.395 e. The molecule has 2 nitrogen and oxygen atoms in total. The summed E-state index contributed by atoms with van der Waals surface area (Å²) in [6.07, 6.45) is 1.78. The largest absolute Gasteiger partial charge is 0.395 e. The number of aliphatic hydroxyl groups excluding tert-OH is 1. The zero-order valence-electron chi connectivity index (χ0n) is 12.3. The fourth-order valence-corrected chi connectivity index (χ4v) is 1.78. The number of hydrogen-bond donors (Lipinski definition) is 1. The molecule has 0 spiro atoms. The van der Waals surface area contributed by atoms with Crippen LogP contribution in [0.3, 0.4) is 0 Å². The van der Waals surface area contributed by atoms with E-state index < -0.39 is 0 Å². The van der Waals surface area contributed by atoms with Crippen LogP contribution < -0.4 is 0 Å². The molecule has 1 N–H and O–H groups in total. The predicted octanol–water partition coefficient (Wildman–Crippen LogP) is 2.90. The molecule has 0 aliphatic rings. The van der Waals surface area contributed by atoms with Crippen LogP contribution in [0.25, 0.3) is 0 Å². The molecule has 0 bridgehead atoms. The minimum atomic E-state index is 0.131. The quantitative estimate of drug-likeness (QED) is 0.794. The van der Waals surface area contributed by atoms with Crippen molar-refractivity contribution in [1.29, 1.82) is 0 Å². The molecule has 19 heavy (non-hydrogen) atoms. The molecule has 0 aromatic heterocycles. The van der Waals surface area contributed by atoms with Gasteiger partial charge >= 0.3 is 0 Å². The summed E-state index contributed by atoms with van der Waals surface area (Å²) < 4.78 is 0. The van der Waals surface area contributed by atoms with Crippen molar-refractivity contribution in [1.82, 2.24) is 4.90 Å². The SMILES string of the molecule is CC(C)CCN(C)Cc1ccc(C#CCCO)cc1. The van der Waals surface area contributed by atoms with Crippen LogP contribution in [0.4, 0.5) is 0 Å². The minimum absolute atomic E-state index is 0.131. The summed E-state index contributed by atoms with van der Waals surface area (Å²) in [6.45, 7) is 6.76. The summed E-state index contributed by atoms with van der Waals surface area (Å²) in [4.78, 5) is 2.35. The van der Waals surface area contributed by atoms with E-state index in [2.05, 4.69) is 61.9 Å². The Morgan fingerprint density at radius 2 is 1.89 bits per heavy atom. The molecule has 1 aromatic carbocycles. The van der Waals surface area contributed by atoms with Crippen molar-refractivity contribution in [2.75, 3.05) is 20.2 Å². The molecule has 1 aromatic rings. The van der Waals surface area contributed by atoms with Crippen LogP contribution in [0.1, 0.15) is 37.8 Å². The highest BCUT2D eigenvalue weighted by Crippen LogP contribution is 2.08. The van der Waals surface area contributed by atoms with E-state index in [0.29, 0.717) is 6.42 Å². The van der Waals surface area contributed by atoms with Crippen LogP contribution >= 0.6 is 0 Å². The summed E-state index contributed by atoms with van der Waals surface area (Å²) in [7, 11) is 2.16. The van der Waals surface area contributed by atoms with Gasteiger partial charge in [0.1, 0.15) is 0 Å². The lowest BCUT2D eigenvalue weighted by atomic mass is 10.1. The molecule has 0 radical (unpaired) electrons. The van der Waals surface area contributed by atoms with E-state index >= 15 is 0 Å². The van der Waals surface area contributed by atoms with Crippen LogP contribution in [0.5, 0.6) is 0 Å². The Morgan fingerprint density at radius 3 is 2.47 bits per heavy atom. The van der Waals surface area contributed by atoms with E-state index in [1.165, 1.54) is 12.0 Å². The average molecular weight is 259 g/mol. The van der Waals surface area contributed by atoms with Gasteiger partial charge in [-0.15, -0.1) is 0 Å². The number of nitrogens with zero attached hydrogens (tertiary/aromatic N) is 1. The van der Waals surface area contributed by atoms with E-state index in [-0.39, 0.29) is 6.61 Å². The lowest BCUT2D eigenvalue weighted by molar-refractivity contribution is 0.303. The predicted molar refractivity (Wildman–Crippen MR) is 80.8 cm³/mol. The number of aliphatic hydroxyl groups is 1. The summed E-state index contributed by atoms with van der Waals surface area (Å²) in [6, 6.07) is 8.37. The first-order valence-electron chi connectivity index (χ1n) is 6.99. The van der Waals surface area contributed by atoms with Gasteiger partial charge in [0.05, 0.1) is 6.61 Å². The highest BCUT2D eigenvalue weighted by molar-refractivity contribution is 5.36. The molecule has 1 rings (SSSR count). The molecule has 0 aliphatic carbocycles. The lowest BCUT2D eigenvalue weighted by Gasteiger charge is -2.17. The fraction of sp³-hybridized carbons (Fsp3) is 0.529. The topological polar surface area (TPSA) is 23.5 Å². The number of benzene rings is 1. The number of hydrogen-bond acceptors (Lipinski definition) is 2. The molecule has 0 atom stereocenters. The Bertz CT molecular complexity index is 411. The third-order valence-corrected chi connectivity index (χ3v) is 2.96. The average Bonchev–Trinajstić information content (AvgIpc) is 2.39. The van der Waals surface area contributed by atoms with Gasteiger partial charge in [0.25, 0.3) is 0 Å². The molecule has 0 fully saturated rings. The van der Waals surface area contributed by atoms with Crippen molar-refractivity contribution in [2.45, 2.75) is 33.2 Å². The van der Waals surface area contributed by atoms with Gasteiger partial charge in [0.15, 0.2) is 0 Å². The van der Waals surface area contributed by atoms with Crippen LogP contribution in [-0.4, -0.2) is 30.2 Å². The molecular formula is C17H25NO. The molecule has 0 aliphatic heterocycles. The van der Waals surface area contributed by atoms with E-state index in [1.807, 2.05) is 0 Å². The second kappa shape index (κ2) is 8.74. The highest BCUT2D eigenvalue weighted by Gasteiger charge is 2.01. The van der Waals surface area contributed by atoms with Crippen molar-refractivity contribution < 1.29 is 5.11 Å². The molecule has 2 heteroatoms. The second-order valence-electron chi connectivity index (χ2n) is 5.39. The molecular weight excluding hydrogens is 234 g/mol. The van der Waals surface area contributed by atoms with Gasteiger partial charge < -0.3 is 10.0 Å². The fourth-order valence-electron chi connectivity index (χ4n) is 1.78. The van der Waals surface area contributed by atoms with Crippen LogP contribution in [0.2, 0.25) is 0 Å². The van der Waals surface area contributed by atoms with Crippen LogP contribution in [0.15, 0.2) is 24.3 Å². The van der Waals surface area contributed by atoms with Gasteiger partial charge in [0, 0.05) is 18.5 Å². The van der Waals surface area contributed by atoms with Gasteiger partial charge in [-0.25, -0.2) is 0 Å². The number of rotatable bonds is 6. The Balaban J connectivity index is 2.46. The van der Waals surface area contributed by atoms with Gasteiger partial charge in [0.2, 0.25) is 0 Å². The smallest absolute Gasteiger partial charge is 0.0540 e. The third kappa shape index (κ3) is 7.00. The Labute approximate surface area is 117 Å². The van der Waals surface area contributed by atoms with Crippen molar-refractivity contribution in [3.8, 4) is 11.8 Å². The lowest BCUT2D eigenvalue weighted by Crippen LogP contribution is -2.20. The Morgan fingerprint density at radius 1 is 1.21 bits per heavy atom. The van der Waals surface area contributed by atoms with Gasteiger partial charge in [-0.05, 0) is 43.6 Å². The Hall–Kier alpha value is -1.30. The van der Waals surface area contributed by atoms with E-state index in [1.54, 1.807) is 0 Å². The zero-order valence-corrected chi connectivity index (χ0v) is 12.3. The maximum Gasteiger partial charge on any atom is 0.0540 e. The molecule has 104 valence electrons. The van der Waals surface area contributed by atoms with E-state index in [4.69, 9.17) is 5.11 Å². The summed E-state index contributed by atoms with van der Waals surface area (Å²) in [5, 5.41) is 8.67. The summed E-state index contributed by atoms with van der Waals surface area (Å²) in [5.74, 6) is 6.73. The molecule has 0 saturated heterocycles. The molecule has 0 heterocycles. The first kappa shape index (κ1) is 15.8. The third-order valence-electron chi connectivity index (χ3n) is 2.96. The van der Waals surface area contributed by atoms with Crippen LogP contribution in [0, 0.1) is 17.8 Å². The molecule has 0 unspecified atom stereocenters. The molecule has 0 amide bonds. The van der Waals surface area contributed by atoms with Gasteiger partial charge in [-0.1, -0.05) is 37.8 Å².